The first-order chi connectivity index (χ1) is 31.5. The molecular formula is C42H44FI3N12O7. The van der Waals surface area contributed by atoms with Crippen molar-refractivity contribution < 1.29 is 38.1 Å². The van der Waals surface area contributed by atoms with E-state index in [0.717, 1.165) is 87.5 Å². The number of carbonyl (C=O) groups excluding carboxylic acids is 3. The Bertz CT molecular complexity index is 2640. The Kier molecular flexibility index (Phi) is 16.2. The minimum absolute atomic E-state index is 0.0616. The maximum Gasteiger partial charge on any atom is 0.359 e. The average molecular weight is 1230 g/mol. The van der Waals surface area contributed by atoms with Crippen LogP contribution in [-0.2, 0) is 72.4 Å². The molecule has 0 aromatic carbocycles. The lowest BCUT2D eigenvalue weighted by atomic mass is 9.93. The van der Waals surface area contributed by atoms with Crippen LogP contribution in [0.3, 0.4) is 0 Å². The van der Waals surface area contributed by atoms with Crippen molar-refractivity contribution in [2.24, 2.45) is 0 Å². The number of carbonyl (C=O) groups is 3. The van der Waals surface area contributed by atoms with Gasteiger partial charge in [0.1, 0.15) is 6.67 Å². The molecule has 342 valence electrons. The van der Waals surface area contributed by atoms with Crippen LogP contribution in [0.5, 0.6) is 0 Å². The largest absolute Gasteiger partial charge is 0.461 e. The van der Waals surface area contributed by atoms with Crippen LogP contribution in [-0.4, -0.2) is 115 Å². The topological polar surface area (TPSA) is 230 Å². The zero-order valence-electron chi connectivity index (χ0n) is 35.9. The number of nitrogens with zero attached hydrogens (tertiary/aromatic N) is 12. The lowest BCUT2D eigenvalue weighted by Gasteiger charge is -2.17. The minimum Gasteiger partial charge on any atom is -0.461 e. The molecular weight excluding hydrogens is 1180 g/mol. The Morgan fingerprint density at radius 3 is 1.23 bits per heavy atom. The second-order valence-corrected chi connectivity index (χ2v) is 17.3. The van der Waals surface area contributed by atoms with Gasteiger partial charge in [-0.2, -0.15) is 15.3 Å². The van der Waals surface area contributed by atoms with E-state index in [-0.39, 0.29) is 31.4 Å². The lowest BCUT2D eigenvalue weighted by molar-refractivity contribution is 0.0507. The number of halogens is 4. The summed E-state index contributed by atoms with van der Waals surface area (Å²) < 4.78 is 35.0. The standard InChI is InChI=1S/C14H14FIN4O2.C14H15IN4O3.C14H15IN4O2/c1-2-22-13(21)11-9-4-3-8-7-17-14(16)18-10(8)12(9)20(19-11)6-5-15;1-2-22-13(21)11-9-4-3-8-7-16-14(15)17-10(8)12(9)19(18-11)5-6-20;1-3-19-12-9(11(18-19)13(20)21-4-2)6-5-8-7-16-14(15)17-10(8)12/h7H,2-6H2,1H3;7,20H,2-6H2,1H3;7H,3-6H2,1-2H3. The quantitative estimate of drug-likeness (QED) is 0.0716. The fourth-order valence-electron chi connectivity index (χ4n) is 7.92. The van der Waals surface area contributed by atoms with Gasteiger partial charge in [0, 0.05) is 110 Å². The highest BCUT2D eigenvalue weighted by Crippen LogP contribution is 2.37. The number of hydrogen-bond acceptors (Lipinski definition) is 16. The van der Waals surface area contributed by atoms with Crippen LogP contribution >= 0.6 is 67.8 Å². The maximum atomic E-state index is 12.9. The lowest BCUT2D eigenvalue weighted by Crippen LogP contribution is -2.13. The summed E-state index contributed by atoms with van der Waals surface area (Å²) in [5, 5.41) is 22.3. The number of hydrogen-bond donors (Lipinski definition) is 1. The van der Waals surface area contributed by atoms with Crippen molar-refractivity contribution in [2.45, 2.75) is 85.9 Å². The molecule has 23 heteroatoms. The fraction of sp³-hybridized carbons (Fsp3) is 0.429. The van der Waals surface area contributed by atoms with E-state index < -0.39 is 18.6 Å². The molecule has 0 saturated carbocycles. The molecule has 65 heavy (non-hydrogen) atoms. The Balaban J connectivity index is 0.000000145. The van der Waals surface area contributed by atoms with Gasteiger partial charge in [0.2, 0.25) is 0 Å². The molecule has 6 heterocycles. The van der Waals surface area contributed by atoms with Crippen LogP contribution in [0.2, 0.25) is 0 Å². The highest BCUT2D eigenvalue weighted by molar-refractivity contribution is 14.1. The predicted molar refractivity (Wildman–Crippen MR) is 257 cm³/mol. The number of ether oxygens (including phenoxy) is 3. The molecule has 0 radical (unpaired) electrons. The monoisotopic (exact) mass is 1230 g/mol. The third-order valence-corrected chi connectivity index (χ3v) is 12.1. The Morgan fingerprint density at radius 2 is 0.908 bits per heavy atom. The van der Waals surface area contributed by atoms with Crippen molar-refractivity contribution in [3.63, 3.8) is 0 Å². The van der Waals surface area contributed by atoms with E-state index in [1.165, 1.54) is 4.68 Å². The minimum atomic E-state index is -0.562. The molecule has 0 bridgehead atoms. The van der Waals surface area contributed by atoms with E-state index in [1.807, 2.05) is 46.6 Å². The fourth-order valence-corrected chi connectivity index (χ4v) is 9.06. The number of fused-ring (bicyclic) bond motifs is 9. The molecule has 0 fully saturated rings. The number of aliphatic hydroxyl groups is 1. The van der Waals surface area contributed by atoms with Crippen molar-refractivity contribution in [1.29, 1.82) is 0 Å². The zero-order chi connectivity index (χ0) is 46.4. The molecule has 3 aliphatic carbocycles. The molecule has 0 spiro atoms. The molecule has 1 N–H and O–H groups in total. The van der Waals surface area contributed by atoms with E-state index in [2.05, 4.69) is 90.4 Å². The number of aryl methyl sites for hydroxylation is 5. The number of alkyl halides is 1. The van der Waals surface area contributed by atoms with Crippen LogP contribution in [0.15, 0.2) is 18.6 Å². The smallest absolute Gasteiger partial charge is 0.359 e. The van der Waals surface area contributed by atoms with Crippen molar-refractivity contribution in [1.82, 2.24) is 59.2 Å². The molecule has 0 aliphatic heterocycles. The van der Waals surface area contributed by atoms with E-state index >= 15 is 0 Å². The van der Waals surface area contributed by atoms with Gasteiger partial charge in [0.05, 0.1) is 73.7 Å². The van der Waals surface area contributed by atoms with Gasteiger partial charge in [-0.1, -0.05) is 0 Å². The van der Waals surface area contributed by atoms with E-state index in [1.54, 1.807) is 31.6 Å². The summed E-state index contributed by atoms with van der Waals surface area (Å²) in [7, 11) is 0. The van der Waals surface area contributed by atoms with Gasteiger partial charge in [-0.15, -0.1) is 0 Å². The van der Waals surface area contributed by atoms with Gasteiger partial charge in [-0.05, 0) is 82.9 Å². The van der Waals surface area contributed by atoms with Crippen molar-refractivity contribution >= 4 is 85.7 Å². The summed E-state index contributed by atoms with van der Waals surface area (Å²) in [6.07, 6.45) is 9.87. The zero-order valence-corrected chi connectivity index (χ0v) is 42.4. The molecule has 9 rings (SSSR count). The Morgan fingerprint density at radius 1 is 0.569 bits per heavy atom. The molecule has 6 aromatic rings. The molecule has 0 amide bonds. The van der Waals surface area contributed by atoms with Crippen LogP contribution in [0.1, 0.15) is 92.5 Å². The Hall–Kier alpha value is -4.64. The molecule has 6 aromatic heterocycles. The summed E-state index contributed by atoms with van der Waals surface area (Å²) in [5.41, 5.74) is 11.6. The first-order valence-corrected chi connectivity index (χ1v) is 24.2. The summed E-state index contributed by atoms with van der Waals surface area (Å²) in [5.74, 6) is -1.25. The first kappa shape index (κ1) is 48.3. The van der Waals surface area contributed by atoms with Crippen molar-refractivity contribution in [2.75, 3.05) is 33.1 Å². The van der Waals surface area contributed by atoms with Crippen LogP contribution in [0.4, 0.5) is 4.39 Å². The van der Waals surface area contributed by atoms with Gasteiger partial charge in [0.15, 0.2) is 28.6 Å². The molecule has 0 unspecified atom stereocenters. The van der Waals surface area contributed by atoms with Crippen molar-refractivity contribution in [3.8, 4) is 34.2 Å². The Labute approximate surface area is 413 Å². The summed E-state index contributed by atoms with van der Waals surface area (Å²) in [6.45, 7) is 8.69. The third-order valence-electron chi connectivity index (χ3n) is 10.6. The molecule has 19 nitrogen and oxygen atoms in total. The SMILES string of the molecule is CCOC(=O)c1nn(CC)c2c1CCc1cnc(I)nc1-2.CCOC(=O)c1nn(CCF)c2c1CCc1cnc(I)nc1-2.CCOC(=O)c1nn(CCO)c2c1CCc1cnc(I)nc1-2. The van der Waals surface area contributed by atoms with Gasteiger partial charge < -0.3 is 19.3 Å². The van der Waals surface area contributed by atoms with Gasteiger partial charge in [-0.25, -0.2) is 48.7 Å². The van der Waals surface area contributed by atoms with E-state index in [0.29, 0.717) is 67.7 Å². The normalized spacial score (nSPS) is 12.7. The number of esters is 3. The highest BCUT2D eigenvalue weighted by Gasteiger charge is 2.33. The predicted octanol–water partition coefficient (Wildman–Crippen LogP) is 5.64. The van der Waals surface area contributed by atoms with Crippen LogP contribution in [0, 0.1) is 11.5 Å². The van der Waals surface area contributed by atoms with E-state index in [9.17, 15) is 23.9 Å². The van der Waals surface area contributed by atoms with Crippen molar-refractivity contribution in [3.05, 3.63) is 80.5 Å². The molecule has 3 aliphatic rings. The number of rotatable bonds is 11. The van der Waals surface area contributed by atoms with Gasteiger partial charge in [0.25, 0.3) is 0 Å². The number of aromatic nitrogens is 12. The molecule has 0 atom stereocenters. The van der Waals surface area contributed by atoms with Gasteiger partial charge >= 0.3 is 17.9 Å². The first-order valence-electron chi connectivity index (χ1n) is 21.0. The summed E-state index contributed by atoms with van der Waals surface area (Å²) >= 11 is 6.19. The highest BCUT2D eigenvalue weighted by atomic mass is 127. The van der Waals surface area contributed by atoms with Gasteiger partial charge in [-0.3, -0.25) is 14.0 Å². The average Bonchev–Trinajstić information content (AvgIpc) is 3.99. The second-order valence-electron chi connectivity index (χ2n) is 14.4. The number of aliphatic hydroxyl groups excluding tert-OH is 1. The summed E-state index contributed by atoms with van der Waals surface area (Å²) in [6, 6.07) is 0. The second kappa shape index (κ2) is 21.8. The molecule has 0 saturated heterocycles. The summed E-state index contributed by atoms with van der Waals surface area (Å²) in [4.78, 5) is 62.5. The van der Waals surface area contributed by atoms with Crippen LogP contribution < -0.4 is 0 Å². The maximum absolute atomic E-state index is 12.9. The third kappa shape index (κ3) is 10.2. The van der Waals surface area contributed by atoms with E-state index in [4.69, 9.17) is 14.2 Å². The van der Waals surface area contributed by atoms with Crippen LogP contribution in [0.25, 0.3) is 34.2 Å².